The summed E-state index contributed by atoms with van der Waals surface area (Å²) in [5, 5.41) is 0. The number of hydrogen-bond donors (Lipinski definition) is 0. The molecule has 0 N–H and O–H groups in total. The van der Waals surface area contributed by atoms with Crippen molar-refractivity contribution in [2.45, 2.75) is 34.5 Å². The molecule has 0 saturated carbocycles. The molecule has 0 aliphatic heterocycles. The third-order valence-electron chi connectivity index (χ3n) is 7.78. The second kappa shape index (κ2) is 13.4. The van der Waals surface area contributed by atoms with Gasteiger partial charge in [-0.25, -0.2) is 0 Å². The minimum absolute atomic E-state index is 0.267. The van der Waals surface area contributed by atoms with Gasteiger partial charge in [0.15, 0.2) is 0 Å². The van der Waals surface area contributed by atoms with Gasteiger partial charge in [-0.1, -0.05) is 169 Å². The van der Waals surface area contributed by atoms with Crippen molar-refractivity contribution in [1.29, 1.82) is 0 Å². The lowest BCUT2D eigenvalue weighted by Gasteiger charge is -2.24. The van der Waals surface area contributed by atoms with E-state index >= 15 is 0 Å². The molecule has 41 heavy (non-hydrogen) atoms. The van der Waals surface area contributed by atoms with Crippen LogP contribution in [0.25, 0.3) is 0 Å². The predicted molar refractivity (Wildman–Crippen MR) is 174 cm³/mol. The fraction of sp³-hybridized carbons (Fsp3) is 0.100. The van der Waals surface area contributed by atoms with Crippen molar-refractivity contribution in [3.8, 4) is 0 Å². The van der Waals surface area contributed by atoms with Gasteiger partial charge < -0.3 is 0 Å². The molecule has 0 saturated heterocycles. The first kappa shape index (κ1) is 26.9. The van der Waals surface area contributed by atoms with Crippen LogP contribution in [0, 0.1) is 0 Å². The van der Waals surface area contributed by atoms with Gasteiger partial charge in [0, 0.05) is 21.6 Å². The standard InChI is InChI=1S/C40H34S/c1-5-17-31(18-6-1)29-37(33-21-9-3-10-22-33)35-25-13-15-27-39(35)41-40-28-16-14-26-36(40)38(34-23-11-4-12-24-34)30-32-19-7-2-8-20-32/h1-28,37-38H,29-30H2. The Bertz CT molecular complexity index is 1520. The van der Waals surface area contributed by atoms with Crippen LogP contribution in [-0.4, -0.2) is 0 Å². The molecule has 0 aliphatic carbocycles. The molecule has 0 nitrogen and oxygen atoms in total. The summed E-state index contributed by atoms with van der Waals surface area (Å²) in [5.41, 5.74) is 8.17. The molecular formula is C40H34S. The Morgan fingerprint density at radius 1 is 0.341 bits per heavy atom. The van der Waals surface area contributed by atoms with E-state index in [0.29, 0.717) is 0 Å². The largest absolute Gasteiger partial charge is 0.0895 e. The number of rotatable bonds is 10. The van der Waals surface area contributed by atoms with Gasteiger partial charge in [-0.05, 0) is 58.4 Å². The molecule has 0 heterocycles. The van der Waals surface area contributed by atoms with Crippen molar-refractivity contribution in [3.05, 3.63) is 203 Å². The van der Waals surface area contributed by atoms with Crippen LogP contribution < -0.4 is 0 Å². The van der Waals surface area contributed by atoms with Crippen LogP contribution >= 0.6 is 11.8 Å². The lowest BCUT2D eigenvalue weighted by molar-refractivity contribution is 0.783. The quantitative estimate of drug-likeness (QED) is 0.165. The highest BCUT2D eigenvalue weighted by Gasteiger charge is 2.22. The average molecular weight is 547 g/mol. The van der Waals surface area contributed by atoms with Crippen LogP contribution in [0.15, 0.2) is 180 Å². The topological polar surface area (TPSA) is 0 Å². The molecule has 2 atom stereocenters. The summed E-state index contributed by atoms with van der Waals surface area (Å²) in [4.78, 5) is 2.63. The van der Waals surface area contributed by atoms with Crippen molar-refractivity contribution in [2.24, 2.45) is 0 Å². The Balaban J connectivity index is 1.40. The zero-order chi connectivity index (χ0) is 27.7. The highest BCUT2D eigenvalue weighted by molar-refractivity contribution is 7.99. The third-order valence-corrected chi connectivity index (χ3v) is 8.96. The van der Waals surface area contributed by atoms with Gasteiger partial charge in [-0.3, -0.25) is 0 Å². The summed E-state index contributed by atoms with van der Waals surface area (Å²) in [5.74, 6) is 0.535. The van der Waals surface area contributed by atoms with E-state index in [1.54, 1.807) is 0 Å². The number of hydrogen-bond acceptors (Lipinski definition) is 1. The van der Waals surface area contributed by atoms with Gasteiger partial charge in [-0.15, -0.1) is 0 Å². The van der Waals surface area contributed by atoms with Gasteiger partial charge in [0.1, 0.15) is 0 Å². The first-order chi connectivity index (χ1) is 20.3. The molecular weight excluding hydrogens is 513 g/mol. The second-order valence-electron chi connectivity index (χ2n) is 10.5. The monoisotopic (exact) mass is 546 g/mol. The molecule has 0 bridgehead atoms. The van der Waals surface area contributed by atoms with Gasteiger partial charge in [-0.2, -0.15) is 0 Å². The molecule has 6 aromatic rings. The van der Waals surface area contributed by atoms with E-state index in [2.05, 4.69) is 170 Å². The van der Waals surface area contributed by atoms with Crippen LogP contribution in [0.1, 0.15) is 45.2 Å². The maximum atomic E-state index is 2.32. The van der Waals surface area contributed by atoms with E-state index in [-0.39, 0.29) is 11.8 Å². The SMILES string of the molecule is c1ccc(CC(c2ccccc2)c2ccccc2Sc2ccccc2C(Cc2ccccc2)c2ccccc2)cc1. The fourth-order valence-electron chi connectivity index (χ4n) is 5.73. The summed E-state index contributed by atoms with van der Waals surface area (Å²) in [6.07, 6.45) is 1.93. The minimum Gasteiger partial charge on any atom is -0.0895 e. The Morgan fingerprint density at radius 3 is 1.05 bits per heavy atom. The van der Waals surface area contributed by atoms with E-state index in [1.165, 1.54) is 43.2 Å². The second-order valence-corrected chi connectivity index (χ2v) is 11.6. The molecule has 0 aromatic heterocycles. The molecule has 2 unspecified atom stereocenters. The van der Waals surface area contributed by atoms with E-state index in [4.69, 9.17) is 0 Å². The van der Waals surface area contributed by atoms with Crippen molar-refractivity contribution in [1.82, 2.24) is 0 Å². The average Bonchev–Trinajstić information content (AvgIpc) is 3.05. The van der Waals surface area contributed by atoms with E-state index in [0.717, 1.165) is 12.8 Å². The van der Waals surface area contributed by atoms with Crippen molar-refractivity contribution in [3.63, 3.8) is 0 Å². The number of benzene rings is 6. The molecule has 6 rings (SSSR count). The molecule has 0 spiro atoms. The Hall–Kier alpha value is -4.33. The lowest BCUT2D eigenvalue weighted by Crippen LogP contribution is -2.08. The maximum Gasteiger partial charge on any atom is 0.0160 e. The molecule has 0 amide bonds. The van der Waals surface area contributed by atoms with Gasteiger partial charge in [0.2, 0.25) is 0 Å². The summed E-state index contributed by atoms with van der Waals surface area (Å²) in [6, 6.07) is 61.7. The highest BCUT2D eigenvalue weighted by Crippen LogP contribution is 2.42. The summed E-state index contributed by atoms with van der Waals surface area (Å²) < 4.78 is 0. The maximum absolute atomic E-state index is 2.32. The predicted octanol–water partition coefficient (Wildman–Crippen LogP) is 10.6. The molecule has 0 aliphatic rings. The van der Waals surface area contributed by atoms with Crippen LogP contribution in [0.2, 0.25) is 0 Å². The van der Waals surface area contributed by atoms with Crippen LogP contribution in [0.4, 0.5) is 0 Å². The van der Waals surface area contributed by atoms with E-state index in [9.17, 15) is 0 Å². The summed E-state index contributed by atoms with van der Waals surface area (Å²) >= 11 is 1.91. The Kier molecular flexibility index (Phi) is 8.75. The zero-order valence-corrected chi connectivity index (χ0v) is 24.0. The molecule has 200 valence electrons. The molecule has 0 radical (unpaired) electrons. The fourth-order valence-corrected chi connectivity index (χ4v) is 6.91. The zero-order valence-electron chi connectivity index (χ0n) is 23.1. The molecule has 6 aromatic carbocycles. The van der Waals surface area contributed by atoms with Crippen molar-refractivity contribution < 1.29 is 0 Å². The Morgan fingerprint density at radius 2 is 0.659 bits per heavy atom. The minimum atomic E-state index is 0.267. The van der Waals surface area contributed by atoms with Crippen molar-refractivity contribution >= 4 is 11.8 Å². The van der Waals surface area contributed by atoms with Crippen LogP contribution in [0.5, 0.6) is 0 Å². The van der Waals surface area contributed by atoms with E-state index in [1.807, 2.05) is 11.8 Å². The smallest absolute Gasteiger partial charge is 0.0160 e. The van der Waals surface area contributed by atoms with Crippen LogP contribution in [0.3, 0.4) is 0 Å². The van der Waals surface area contributed by atoms with E-state index < -0.39 is 0 Å². The molecule has 0 fully saturated rings. The highest BCUT2D eigenvalue weighted by atomic mass is 32.2. The molecule has 1 heteroatoms. The van der Waals surface area contributed by atoms with Crippen molar-refractivity contribution in [2.75, 3.05) is 0 Å². The summed E-state index contributed by atoms with van der Waals surface area (Å²) in [6.45, 7) is 0. The normalized spacial score (nSPS) is 12.5. The Labute approximate surface area is 248 Å². The first-order valence-corrected chi connectivity index (χ1v) is 15.2. The summed E-state index contributed by atoms with van der Waals surface area (Å²) in [7, 11) is 0. The van der Waals surface area contributed by atoms with Crippen LogP contribution in [-0.2, 0) is 12.8 Å². The van der Waals surface area contributed by atoms with Gasteiger partial charge in [0.05, 0.1) is 0 Å². The lowest BCUT2D eigenvalue weighted by atomic mass is 9.86. The third kappa shape index (κ3) is 6.70. The van der Waals surface area contributed by atoms with Gasteiger partial charge >= 0.3 is 0 Å². The van der Waals surface area contributed by atoms with Gasteiger partial charge in [0.25, 0.3) is 0 Å². The first-order valence-electron chi connectivity index (χ1n) is 14.4.